The molecule has 0 saturated carbocycles. The van der Waals surface area contributed by atoms with E-state index in [0.717, 1.165) is 0 Å². The SMILES string of the molecule is CC(c1cccc([N+](=O)[O-])c1)N(C)C(=O)c1ccc(S(C)=O)cc1. The molecule has 0 aromatic heterocycles. The minimum Gasteiger partial charge on any atom is -0.335 e. The predicted molar refractivity (Wildman–Crippen MR) is 92.4 cm³/mol. The lowest BCUT2D eigenvalue weighted by Crippen LogP contribution is -2.29. The number of hydrogen-bond acceptors (Lipinski definition) is 4. The molecule has 24 heavy (non-hydrogen) atoms. The van der Waals surface area contributed by atoms with Gasteiger partial charge in [-0.2, -0.15) is 0 Å². The lowest BCUT2D eigenvalue weighted by molar-refractivity contribution is -0.384. The van der Waals surface area contributed by atoms with Gasteiger partial charge in [-0.1, -0.05) is 12.1 Å². The van der Waals surface area contributed by atoms with Gasteiger partial charge in [0.2, 0.25) is 0 Å². The fraction of sp³-hybridized carbons (Fsp3) is 0.235. The molecule has 0 bridgehead atoms. The molecule has 0 aliphatic rings. The van der Waals surface area contributed by atoms with E-state index >= 15 is 0 Å². The Morgan fingerprint density at radius 3 is 2.38 bits per heavy atom. The lowest BCUT2D eigenvalue weighted by Gasteiger charge is -2.25. The minimum atomic E-state index is -1.10. The number of nitro benzene ring substituents is 1. The summed E-state index contributed by atoms with van der Waals surface area (Å²) in [4.78, 5) is 25.2. The quantitative estimate of drug-likeness (QED) is 0.615. The molecule has 126 valence electrons. The highest BCUT2D eigenvalue weighted by molar-refractivity contribution is 7.84. The van der Waals surface area contributed by atoms with E-state index < -0.39 is 15.7 Å². The Morgan fingerprint density at radius 2 is 1.83 bits per heavy atom. The average Bonchev–Trinajstić information content (AvgIpc) is 2.60. The van der Waals surface area contributed by atoms with Gasteiger partial charge in [-0.05, 0) is 36.8 Å². The zero-order chi connectivity index (χ0) is 17.9. The smallest absolute Gasteiger partial charge is 0.269 e. The van der Waals surface area contributed by atoms with E-state index in [4.69, 9.17) is 0 Å². The van der Waals surface area contributed by atoms with Gasteiger partial charge in [-0.3, -0.25) is 19.1 Å². The number of nitro groups is 1. The largest absolute Gasteiger partial charge is 0.335 e. The Bertz CT molecular complexity index is 789. The molecule has 0 spiro atoms. The lowest BCUT2D eigenvalue weighted by atomic mass is 10.1. The van der Waals surface area contributed by atoms with Crippen LogP contribution in [0.3, 0.4) is 0 Å². The number of benzene rings is 2. The van der Waals surface area contributed by atoms with Crippen molar-refractivity contribution >= 4 is 22.4 Å². The maximum absolute atomic E-state index is 12.6. The summed E-state index contributed by atoms with van der Waals surface area (Å²) in [5, 5.41) is 10.9. The van der Waals surface area contributed by atoms with E-state index in [1.54, 1.807) is 49.7 Å². The van der Waals surface area contributed by atoms with Crippen LogP contribution in [0.25, 0.3) is 0 Å². The minimum absolute atomic E-state index is 0.00465. The second-order valence-electron chi connectivity index (χ2n) is 5.42. The molecule has 0 heterocycles. The summed E-state index contributed by atoms with van der Waals surface area (Å²) in [5.74, 6) is -0.206. The first-order valence-electron chi connectivity index (χ1n) is 7.26. The molecule has 7 heteroatoms. The van der Waals surface area contributed by atoms with Crippen LogP contribution < -0.4 is 0 Å². The maximum atomic E-state index is 12.6. The third-order valence-electron chi connectivity index (χ3n) is 3.90. The third kappa shape index (κ3) is 3.86. The summed E-state index contributed by atoms with van der Waals surface area (Å²) in [6.45, 7) is 1.81. The van der Waals surface area contributed by atoms with Crippen molar-refractivity contribution in [2.45, 2.75) is 17.9 Å². The molecule has 0 aliphatic heterocycles. The molecular formula is C17H18N2O4S. The van der Waals surface area contributed by atoms with Crippen LogP contribution in [0.15, 0.2) is 53.4 Å². The Kier molecular flexibility index (Phi) is 5.46. The van der Waals surface area contributed by atoms with Gasteiger partial charge in [0.15, 0.2) is 0 Å². The first-order valence-corrected chi connectivity index (χ1v) is 8.82. The molecular weight excluding hydrogens is 328 g/mol. The molecule has 0 N–H and O–H groups in total. The van der Waals surface area contributed by atoms with E-state index in [1.807, 2.05) is 6.92 Å². The van der Waals surface area contributed by atoms with Crippen LogP contribution >= 0.6 is 0 Å². The van der Waals surface area contributed by atoms with Gasteiger partial charge in [0.1, 0.15) is 0 Å². The van der Waals surface area contributed by atoms with Crippen LogP contribution in [0.4, 0.5) is 5.69 Å². The topological polar surface area (TPSA) is 80.5 Å². The Morgan fingerprint density at radius 1 is 1.21 bits per heavy atom. The second kappa shape index (κ2) is 7.35. The highest BCUT2D eigenvalue weighted by Gasteiger charge is 2.20. The number of carbonyl (C=O) groups excluding carboxylic acids is 1. The highest BCUT2D eigenvalue weighted by atomic mass is 32.2. The Labute approximate surface area is 142 Å². The van der Waals surface area contributed by atoms with E-state index in [9.17, 15) is 19.1 Å². The summed E-state index contributed by atoms with van der Waals surface area (Å²) in [6.07, 6.45) is 1.58. The number of rotatable bonds is 5. The van der Waals surface area contributed by atoms with Crippen molar-refractivity contribution in [3.05, 3.63) is 69.8 Å². The van der Waals surface area contributed by atoms with Crippen molar-refractivity contribution in [3.63, 3.8) is 0 Å². The Balaban J connectivity index is 2.21. The second-order valence-corrected chi connectivity index (χ2v) is 6.80. The van der Waals surface area contributed by atoms with E-state index in [2.05, 4.69) is 0 Å². The van der Waals surface area contributed by atoms with Crippen LogP contribution in [0.1, 0.15) is 28.9 Å². The van der Waals surface area contributed by atoms with Crippen molar-refractivity contribution in [3.8, 4) is 0 Å². The summed E-state index contributed by atoms with van der Waals surface area (Å²) >= 11 is 0. The van der Waals surface area contributed by atoms with Gasteiger partial charge < -0.3 is 4.90 Å². The van der Waals surface area contributed by atoms with E-state index in [1.165, 1.54) is 17.0 Å². The molecule has 0 saturated heterocycles. The van der Waals surface area contributed by atoms with Gasteiger partial charge >= 0.3 is 0 Å². The molecule has 0 radical (unpaired) electrons. The van der Waals surface area contributed by atoms with Crippen LogP contribution in [0, 0.1) is 10.1 Å². The van der Waals surface area contributed by atoms with Gasteiger partial charge in [0.05, 0.1) is 11.0 Å². The fourth-order valence-electron chi connectivity index (χ4n) is 2.29. The van der Waals surface area contributed by atoms with Gasteiger partial charge in [0.25, 0.3) is 11.6 Å². The first-order chi connectivity index (χ1) is 11.3. The summed E-state index contributed by atoms with van der Waals surface area (Å²) in [7, 11) is 0.555. The van der Waals surface area contributed by atoms with Crippen LogP contribution in [0.2, 0.25) is 0 Å². The molecule has 0 fully saturated rings. The molecule has 2 aromatic rings. The molecule has 2 unspecified atom stereocenters. The molecule has 2 atom stereocenters. The maximum Gasteiger partial charge on any atom is 0.269 e. The number of nitrogens with zero attached hydrogens (tertiary/aromatic N) is 2. The number of amides is 1. The third-order valence-corrected chi connectivity index (χ3v) is 4.83. The fourth-order valence-corrected chi connectivity index (χ4v) is 2.81. The predicted octanol–water partition coefficient (Wildman–Crippen LogP) is 3.17. The highest BCUT2D eigenvalue weighted by Crippen LogP contribution is 2.24. The summed E-state index contributed by atoms with van der Waals surface area (Å²) in [5.41, 5.74) is 1.16. The molecule has 6 nitrogen and oxygen atoms in total. The number of non-ortho nitro benzene ring substituents is 1. The van der Waals surface area contributed by atoms with Crippen molar-refractivity contribution < 1.29 is 13.9 Å². The standard InChI is InChI=1S/C17H18N2O4S/c1-12(14-5-4-6-15(11-14)19(21)22)18(2)17(20)13-7-9-16(10-8-13)24(3)23/h4-12H,1-3H3. The zero-order valence-electron chi connectivity index (χ0n) is 13.6. The summed E-state index contributed by atoms with van der Waals surface area (Å²) < 4.78 is 11.4. The van der Waals surface area contributed by atoms with E-state index in [0.29, 0.717) is 16.0 Å². The number of hydrogen-bond donors (Lipinski definition) is 0. The van der Waals surface area contributed by atoms with Crippen LogP contribution in [0.5, 0.6) is 0 Å². The van der Waals surface area contributed by atoms with Gasteiger partial charge in [-0.25, -0.2) is 0 Å². The molecule has 1 amide bonds. The molecule has 0 aliphatic carbocycles. The van der Waals surface area contributed by atoms with Crippen molar-refractivity contribution in [2.75, 3.05) is 13.3 Å². The molecule has 2 rings (SSSR count). The molecule has 2 aromatic carbocycles. The van der Waals surface area contributed by atoms with Crippen molar-refractivity contribution in [2.24, 2.45) is 0 Å². The van der Waals surface area contributed by atoms with E-state index in [-0.39, 0.29) is 17.6 Å². The van der Waals surface area contributed by atoms with Crippen LogP contribution in [-0.2, 0) is 10.8 Å². The van der Waals surface area contributed by atoms with Crippen LogP contribution in [-0.4, -0.2) is 33.2 Å². The van der Waals surface area contributed by atoms with Crippen molar-refractivity contribution in [1.29, 1.82) is 0 Å². The van der Waals surface area contributed by atoms with Gasteiger partial charge in [-0.15, -0.1) is 0 Å². The normalized spacial score (nSPS) is 13.1. The average molecular weight is 346 g/mol. The van der Waals surface area contributed by atoms with Crippen molar-refractivity contribution in [1.82, 2.24) is 4.90 Å². The Hall–Kier alpha value is -2.54. The van der Waals surface area contributed by atoms with Gasteiger partial charge in [0, 0.05) is 46.7 Å². The number of carbonyl (C=O) groups is 1. The first kappa shape index (κ1) is 17.8. The summed E-state index contributed by atoms with van der Waals surface area (Å²) in [6, 6.07) is 12.5. The monoisotopic (exact) mass is 346 g/mol. The zero-order valence-corrected chi connectivity index (χ0v) is 14.4.